The average Bonchev–Trinajstić information content (AvgIpc) is 3.59. The van der Waals surface area contributed by atoms with Crippen LogP contribution in [0.1, 0.15) is 66.9 Å². The molecule has 3 heterocycles. The lowest BCUT2D eigenvalue weighted by atomic mass is 9.97. The van der Waals surface area contributed by atoms with Gasteiger partial charge in [-0.25, -0.2) is 0 Å². The SMILES string of the molecule is Cc1cc(N2[C@@H]3CC[C@H]2C[C@@H](OCc2c(-c4c(Cl)cccc4Cl)noc2C2CC2)C3)ccc1C(=N)NO. The van der Waals surface area contributed by atoms with E-state index in [0.717, 1.165) is 55.4 Å². The van der Waals surface area contributed by atoms with Gasteiger partial charge in [0.1, 0.15) is 17.3 Å². The largest absolute Gasteiger partial charge is 0.373 e. The number of fused-ring (bicyclic) bond motifs is 2. The van der Waals surface area contributed by atoms with E-state index in [4.69, 9.17) is 43.1 Å². The number of amidine groups is 1. The van der Waals surface area contributed by atoms with Crippen molar-refractivity contribution in [1.29, 1.82) is 5.41 Å². The average molecular weight is 541 g/mol. The monoisotopic (exact) mass is 540 g/mol. The normalized spacial score (nSPS) is 22.9. The van der Waals surface area contributed by atoms with Crippen LogP contribution in [0.25, 0.3) is 11.3 Å². The van der Waals surface area contributed by atoms with Gasteiger partial charge in [-0.15, -0.1) is 0 Å². The van der Waals surface area contributed by atoms with E-state index in [-0.39, 0.29) is 11.9 Å². The van der Waals surface area contributed by atoms with Crippen molar-refractivity contribution in [1.82, 2.24) is 10.6 Å². The van der Waals surface area contributed by atoms with E-state index in [9.17, 15) is 0 Å². The summed E-state index contributed by atoms with van der Waals surface area (Å²) in [5, 5.41) is 22.5. The second kappa shape index (κ2) is 9.95. The van der Waals surface area contributed by atoms with Crippen LogP contribution in [0.2, 0.25) is 10.0 Å². The molecule has 1 aliphatic carbocycles. The van der Waals surface area contributed by atoms with Crippen LogP contribution in [0.3, 0.4) is 0 Å². The first-order valence-electron chi connectivity index (χ1n) is 12.9. The summed E-state index contributed by atoms with van der Waals surface area (Å²) in [6.45, 7) is 2.40. The predicted octanol–water partition coefficient (Wildman–Crippen LogP) is 6.85. The number of nitrogens with one attached hydrogen (secondary N) is 2. The Labute approximate surface area is 226 Å². The first-order chi connectivity index (χ1) is 17.9. The van der Waals surface area contributed by atoms with Gasteiger partial charge in [-0.1, -0.05) is 34.4 Å². The van der Waals surface area contributed by atoms with Gasteiger partial charge < -0.3 is 14.2 Å². The summed E-state index contributed by atoms with van der Waals surface area (Å²) < 4.78 is 12.4. The fraction of sp³-hybridized carbons (Fsp3) is 0.429. The van der Waals surface area contributed by atoms with E-state index < -0.39 is 0 Å². The molecule has 2 saturated heterocycles. The van der Waals surface area contributed by atoms with Crippen LogP contribution >= 0.6 is 23.2 Å². The molecule has 3 N–H and O–H groups in total. The van der Waals surface area contributed by atoms with Gasteiger partial charge in [-0.3, -0.25) is 16.1 Å². The summed E-state index contributed by atoms with van der Waals surface area (Å²) in [5.41, 5.74) is 7.15. The number of hydrogen-bond acceptors (Lipinski definition) is 6. The molecule has 9 heteroatoms. The van der Waals surface area contributed by atoms with Crippen molar-refractivity contribution in [3.63, 3.8) is 0 Å². The Kier molecular flexibility index (Phi) is 6.65. The zero-order valence-corrected chi connectivity index (χ0v) is 22.1. The van der Waals surface area contributed by atoms with E-state index in [1.54, 1.807) is 0 Å². The smallest absolute Gasteiger partial charge is 0.149 e. The molecule has 0 radical (unpaired) electrons. The standard InChI is InChI=1S/C28H30Cl2N4O3/c1-15-11-17(9-10-21(15)28(31)32-35)34-18-7-8-19(34)13-20(12-18)36-14-22-26(33-37-27(22)16-5-6-16)25-23(29)3-2-4-24(25)30/h2-4,9-11,16,18-20,35H,5-8,12-14H2,1H3,(H2,31,32)/t18-,19+,20+. The molecule has 0 spiro atoms. The highest BCUT2D eigenvalue weighted by molar-refractivity contribution is 6.39. The molecule has 3 aliphatic rings. The Balaban J connectivity index is 1.19. The molecule has 1 saturated carbocycles. The van der Waals surface area contributed by atoms with E-state index in [1.165, 1.54) is 5.69 Å². The maximum absolute atomic E-state index is 9.11. The highest BCUT2D eigenvalue weighted by Crippen LogP contribution is 2.47. The molecule has 194 valence electrons. The maximum Gasteiger partial charge on any atom is 0.149 e. The quantitative estimate of drug-likeness (QED) is 0.172. The molecule has 7 nitrogen and oxygen atoms in total. The van der Waals surface area contributed by atoms with Gasteiger partial charge in [-0.2, -0.15) is 0 Å². The molecule has 1 aromatic heterocycles. The number of nitrogens with zero attached hydrogens (tertiary/aromatic N) is 2. The number of ether oxygens (including phenoxy) is 1. The Morgan fingerprint density at radius 3 is 2.46 bits per heavy atom. The van der Waals surface area contributed by atoms with Gasteiger partial charge in [0.25, 0.3) is 0 Å². The molecular formula is C28H30Cl2N4O3. The summed E-state index contributed by atoms with van der Waals surface area (Å²) in [6, 6.07) is 12.4. The zero-order valence-electron chi connectivity index (χ0n) is 20.6. The molecule has 3 fully saturated rings. The van der Waals surface area contributed by atoms with Crippen LogP contribution in [0, 0.1) is 12.3 Å². The molecule has 37 heavy (non-hydrogen) atoms. The van der Waals surface area contributed by atoms with Gasteiger partial charge in [0.15, 0.2) is 0 Å². The Morgan fingerprint density at radius 1 is 1.14 bits per heavy atom. The number of aromatic nitrogens is 1. The van der Waals surface area contributed by atoms with Crippen LogP contribution < -0.4 is 10.4 Å². The fourth-order valence-corrected chi connectivity index (χ4v) is 6.66. The Hall–Kier alpha value is -2.58. The summed E-state index contributed by atoms with van der Waals surface area (Å²) in [5.74, 6) is 1.31. The number of anilines is 1. The topological polar surface area (TPSA) is 94.6 Å². The highest BCUT2D eigenvalue weighted by atomic mass is 35.5. The number of hydrogen-bond donors (Lipinski definition) is 3. The Bertz CT molecular complexity index is 1300. The molecule has 2 aromatic carbocycles. The summed E-state index contributed by atoms with van der Waals surface area (Å²) in [7, 11) is 0. The number of benzene rings is 2. The fourth-order valence-electron chi connectivity index (χ4n) is 6.08. The van der Waals surface area contributed by atoms with E-state index in [1.807, 2.05) is 36.7 Å². The van der Waals surface area contributed by atoms with E-state index in [2.05, 4.69) is 22.2 Å². The van der Waals surface area contributed by atoms with Gasteiger partial charge in [-0.05, 0) is 81.3 Å². The van der Waals surface area contributed by atoms with Crippen molar-refractivity contribution >= 4 is 34.7 Å². The van der Waals surface area contributed by atoms with Crippen molar-refractivity contribution < 1.29 is 14.5 Å². The van der Waals surface area contributed by atoms with Crippen LogP contribution in [0.15, 0.2) is 40.9 Å². The van der Waals surface area contributed by atoms with Crippen molar-refractivity contribution in [2.45, 2.75) is 76.2 Å². The molecule has 3 atom stereocenters. The zero-order chi connectivity index (χ0) is 25.7. The number of halogens is 2. The lowest BCUT2D eigenvalue weighted by Gasteiger charge is -2.40. The maximum atomic E-state index is 9.11. The van der Waals surface area contributed by atoms with Crippen molar-refractivity contribution in [2.75, 3.05) is 4.90 Å². The minimum atomic E-state index is 0.0101. The summed E-state index contributed by atoms with van der Waals surface area (Å²) >= 11 is 13.0. The van der Waals surface area contributed by atoms with Crippen molar-refractivity contribution in [2.24, 2.45) is 0 Å². The van der Waals surface area contributed by atoms with Crippen LogP contribution in [0.4, 0.5) is 5.69 Å². The molecular weight excluding hydrogens is 511 g/mol. The molecule has 6 rings (SSSR count). The second-order valence-electron chi connectivity index (χ2n) is 10.4. The molecule has 0 amide bonds. The second-order valence-corrected chi connectivity index (χ2v) is 11.2. The third kappa shape index (κ3) is 4.63. The van der Waals surface area contributed by atoms with Crippen molar-refractivity contribution in [3.8, 4) is 11.3 Å². The summed E-state index contributed by atoms with van der Waals surface area (Å²) in [4.78, 5) is 2.52. The van der Waals surface area contributed by atoms with E-state index in [0.29, 0.717) is 51.5 Å². The number of hydroxylamine groups is 1. The third-order valence-corrected chi connectivity index (χ3v) is 8.64. The van der Waals surface area contributed by atoms with Gasteiger partial charge in [0.2, 0.25) is 0 Å². The van der Waals surface area contributed by atoms with E-state index >= 15 is 0 Å². The summed E-state index contributed by atoms with van der Waals surface area (Å²) in [6.07, 6.45) is 6.55. The number of rotatable bonds is 7. The number of piperidine rings is 1. The predicted molar refractivity (Wildman–Crippen MR) is 144 cm³/mol. The lowest BCUT2D eigenvalue weighted by Crippen LogP contribution is -2.45. The van der Waals surface area contributed by atoms with Gasteiger partial charge >= 0.3 is 0 Å². The molecule has 3 aromatic rings. The molecule has 2 aliphatic heterocycles. The first kappa shape index (κ1) is 24.7. The van der Waals surface area contributed by atoms with Crippen LogP contribution in [0.5, 0.6) is 0 Å². The lowest BCUT2D eigenvalue weighted by molar-refractivity contribution is 0.0147. The van der Waals surface area contributed by atoms with Crippen molar-refractivity contribution in [3.05, 3.63) is 68.9 Å². The number of aryl methyl sites for hydroxylation is 1. The highest BCUT2D eigenvalue weighted by Gasteiger charge is 2.42. The minimum Gasteiger partial charge on any atom is -0.373 e. The van der Waals surface area contributed by atoms with Gasteiger partial charge in [0, 0.05) is 40.4 Å². The van der Waals surface area contributed by atoms with Crippen LogP contribution in [-0.4, -0.2) is 34.4 Å². The molecule has 0 unspecified atom stereocenters. The minimum absolute atomic E-state index is 0.0101. The first-order valence-corrected chi connectivity index (χ1v) is 13.6. The van der Waals surface area contributed by atoms with Gasteiger partial charge in [0.05, 0.1) is 22.8 Å². The third-order valence-electron chi connectivity index (χ3n) is 8.01. The molecule has 2 bridgehead atoms. The Morgan fingerprint density at radius 2 is 1.84 bits per heavy atom. The van der Waals surface area contributed by atoms with Crippen LogP contribution in [-0.2, 0) is 11.3 Å².